The largest absolute Gasteiger partial charge is 0.346 e. The summed E-state index contributed by atoms with van der Waals surface area (Å²) in [5.74, 6) is -2.15. The molecule has 0 saturated heterocycles. The molecule has 2 aromatic carbocycles. The van der Waals surface area contributed by atoms with Gasteiger partial charge in [0.15, 0.2) is 11.6 Å². The molecule has 1 amide bonds. The van der Waals surface area contributed by atoms with Gasteiger partial charge in [0, 0.05) is 5.56 Å². The maximum absolute atomic E-state index is 13.4. The SMILES string of the molecule is C[C@@H](NC(=O)c1ccccc1Cn1cncn1)c1ccc(F)c(F)c1. The Bertz CT molecular complexity index is 881. The van der Waals surface area contributed by atoms with Crippen LogP contribution in [0.1, 0.15) is 34.5 Å². The van der Waals surface area contributed by atoms with E-state index in [2.05, 4.69) is 15.4 Å². The summed E-state index contributed by atoms with van der Waals surface area (Å²) in [6.45, 7) is 2.12. The van der Waals surface area contributed by atoms with E-state index in [1.165, 1.54) is 12.4 Å². The molecule has 128 valence electrons. The van der Waals surface area contributed by atoms with Crippen LogP contribution in [0.15, 0.2) is 55.1 Å². The Balaban J connectivity index is 1.77. The Morgan fingerprint density at radius 2 is 2.00 bits per heavy atom. The molecule has 25 heavy (non-hydrogen) atoms. The van der Waals surface area contributed by atoms with Gasteiger partial charge >= 0.3 is 0 Å². The van der Waals surface area contributed by atoms with Crippen molar-refractivity contribution in [3.05, 3.63) is 83.4 Å². The number of hydrogen-bond donors (Lipinski definition) is 1. The molecule has 3 aromatic rings. The molecular formula is C18H16F2N4O. The molecule has 5 nitrogen and oxygen atoms in total. The normalized spacial score (nSPS) is 12.0. The number of nitrogens with zero attached hydrogens (tertiary/aromatic N) is 3. The van der Waals surface area contributed by atoms with Gasteiger partial charge < -0.3 is 5.32 Å². The number of rotatable bonds is 5. The predicted molar refractivity (Wildman–Crippen MR) is 87.8 cm³/mol. The van der Waals surface area contributed by atoms with Crippen LogP contribution < -0.4 is 5.32 Å². The molecule has 0 bridgehead atoms. The lowest BCUT2D eigenvalue weighted by molar-refractivity contribution is 0.0938. The molecular weight excluding hydrogens is 326 g/mol. The average molecular weight is 342 g/mol. The average Bonchev–Trinajstić information content (AvgIpc) is 3.10. The van der Waals surface area contributed by atoms with E-state index in [0.29, 0.717) is 17.7 Å². The molecule has 0 aliphatic carbocycles. The number of amides is 1. The van der Waals surface area contributed by atoms with Crippen LogP contribution in [0.2, 0.25) is 0 Å². The standard InChI is InChI=1S/C18H16F2N4O/c1-12(13-6-7-16(19)17(20)8-13)23-18(25)15-5-3-2-4-14(15)9-24-11-21-10-22-24/h2-8,10-12H,9H2,1H3,(H,23,25)/t12-/m1/s1. The van der Waals surface area contributed by atoms with Gasteiger partial charge in [-0.3, -0.25) is 4.79 Å². The number of carbonyl (C=O) groups excluding carboxylic acids is 1. The van der Waals surface area contributed by atoms with Crippen molar-refractivity contribution < 1.29 is 13.6 Å². The van der Waals surface area contributed by atoms with E-state index >= 15 is 0 Å². The lowest BCUT2D eigenvalue weighted by Gasteiger charge is -2.16. The number of nitrogens with one attached hydrogen (secondary N) is 1. The Hall–Kier alpha value is -3.09. The molecule has 3 rings (SSSR count). The number of carbonyl (C=O) groups is 1. The van der Waals surface area contributed by atoms with Gasteiger partial charge in [0.2, 0.25) is 0 Å². The van der Waals surface area contributed by atoms with Crippen LogP contribution in [0, 0.1) is 11.6 Å². The molecule has 1 heterocycles. The fraction of sp³-hybridized carbons (Fsp3) is 0.167. The number of aromatic nitrogens is 3. The second kappa shape index (κ2) is 7.21. The van der Waals surface area contributed by atoms with Crippen molar-refractivity contribution in [2.75, 3.05) is 0 Å². The van der Waals surface area contributed by atoms with Gasteiger partial charge in [-0.1, -0.05) is 24.3 Å². The summed E-state index contributed by atoms with van der Waals surface area (Å²) in [7, 11) is 0. The van der Waals surface area contributed by atoms with Crippen molar-refractivity contribution in [1.82, 2.24) is 20.1 Å². The quantitative estimate of drug-likeness (QED) is 0.775. The van der Waals surface area contributed by atoms with E-state index < -0.39 is 17.7 Å². The minimum absolute atomic E-state index is 0.298. The number of benzene rings is 2. The summed E-state index contributed by atoms with van der Waals surface area (Å²) in [6, 6.07) is 10.3. The highest BCUT2D eigenvalue weighted by atomic mass is 19.2. The monoisotopic (exact) mass is 342 g/mol. The van der Waals surface area contributed by atoms with Crippen molar-refractivity contribution in [3.8, 4) is 0 Å². The maximum atomic E-state index is 13.4. The van der Waals surface area contributed by atoms with Gasteiger partial charge in [0.05, 0.1) is 12.6 Å². The topological polar surface area (TPSA) is 59.8 Å². The van der Waals surface area contributed by atoms with Crippen LogP contribution in [-0.2, 0) is 6.54 Å². The van der Waals surface area contributed by atoms with Gasteiger partial charge in [-0.05, 0) is 36.2 Å². The molecule has 7 heteroatoms. The molecule has 0 unspecified atom stereocenters. The summed E-state index contributed by atoms with van der Waals surface area (Å²) >= 11 is 0. The minimum Gasteiger partial charge on any atom is -0.346 e. The Labute approximate surface area is 143 Å². The van der Waals surface area contributed by atoms with Crippen LogP contribution in [0.5, 0.6) is 0 Å². The van der Waals surface area contributed by atoms with Crippen molar-refractivity contribution in [2.45, 2.75) is 19.5 Å². The third kappa shape index (κ3) is 3.88. The second-order valence-corrected chi connectivity index (χ2v) is 5.62. The molecule has 0 spiro atoms. The first-order valence-electron chi connectivity index (χ1n) is 7.70. The van der Waals surface area contributed by atoms with Gasteiger partial charge in [-0.2, -0.15) is 5.10 Å². The van der Waals surface area contributed by atoms with E-state index in [-0.39, 0.29) is 5.91 Å². The van der Waals surface area contributed by atoms with E-state index in [1.807, 2.05) is 12.1 Å². The summed E-state index contributed by atoms with van der Waals surface area (Å²) in [5, 5.41) is 6.84. The summed E-state index contributed by atoms with van der Waals surface area (Å²) in [5.41, 5.74) is 1.76. The number of hydrogen-bond acceptors (Lipinski definition) is 3. The predicted octanol–water partition coefficient (Wildman–Crippen LogP) is 3.10. The van der Waals surface area contributed by atoms with E-state index in [1.54, 1.807) is 30.1 Å². The molecule has 0 radical (unpaired) electrons. The molecule has 0 fully saturated rings. The summed E-state index contributed by atoms with van der Waals surface area (Å²) in [4.78, 5) is 16.5. The molecule has 0 aliphatic heterocycles. The van der Waals surface area contributed by atoms with Crippen LogP contribution in [0.4, 0.5) is 8.78 Å². The molecule has 1 atom stereocenters. The number of halogens is 2. The third-order valence-electron chi connectivity index (χ3n) is 3.85. The van der Waals surface area contributed by atoms with Gasteiger partial charge in [-0.25, -0.2) is 18.4 Å². The lowest BCUT2D eigenvalue weighted by atomic mass is 10.0. The molecule has 0 saturated carbocycles. The summed E-state index contributed by atoms with van der Waals surface area (Å²) in [6.07, 6.45) is 2.99. The van der Waals surface area contributed by atoms with E-state index in [4.69, 9.17) is 0 Å². The zero-order chi connectivity index (χ0) is 17.8. The van der Waals surface area contributed by atoms with Gasteiger partial charge in [0.1, 0.15) is 12.7 Å². The lowest BCUT2D eigenvalue weighted by Crippen LogP contribution is -2.28. The van der Waals surface area contributed by atoms with Crippen molar-refractivity contribution in [2.24, 2.45) is 0 Å². The third-order valence-corrected chi connectivity index (χ3v) is 3.85. The Morgan fingerprint density at radius 3 is 2.72 bits per heavy atom. The van der Waals surface area contributed by atoms with E-state index in [0.717, 1.165) is 17.7 Å². The van der Waals surface area contributed by atoms with Gasteiger partial charge in [-0.15, -0.1) is 0 Å². The first-order valence-corrected chi connectivity index (χ1v) is 7.70. The first-order chi connectivity index (χ1) is 12.0. The first kappa shape index (κ1) is 16.8. The van der Waals surface area contributed by atoms with Crippen LogP contribution in [-0.4, -0.2) is 20.7 Å². The highest BCUT2D eigenvalue weighted by Gasteiger charge is 2.16. The van der Waals surface area contributed by atoms with Crippen LogP contribution in [0.25, 0.3) is 0 Å². The van der Waals surface area contributed by atoms with Crippen LogP contribution in [0.3, 0.4) is 0 Å². The van der Waals surface area contributed by atoms with Crippen LogP contribution >= 0.6 is 0 Å². The molecule has 1 aromatic heterocycles. The van der Waals surface area contributed by atoms with E-state index in [9.17, 15) is 13.6 Å². The Morgan fingerprint density at radius 1 is 1.20 bits per heavy atom. The smallest absolute Gasteiger partial charge is 0.252 e. The summed E-state index contributed by atoms with van der Waals surface area (Å²) < 4.78 is 28.0. The fourth-order valence-electron chi connectivity index (χ4n) is 2.51. The van der Waals surface area contributed by atoms with Gasteiger partial charge in [0.25, 0.3) is 5.91 Å². The zero-order valence-electron chi connectivity index (χ0n) is 13.5. The second-order valence-electron chi connectivity index (χ2n) is 5.62. The Kier molecular flexibility index (Phi) is 4.83. The van der Waals surface area contributed by atoms with Crippen molar-refractivity contribution in [1.29, 1.82) is 0 Å². The maximum Gasteiger partial charge on any atom is 0.252 e. The zero-order valence-corrected chi connectivity index (χ0v) is 13.5. The fourth-order valence-corrected chi connectivity index (χ4v) is 2.51. The molecule has 0 aliphatic rings. The van der Waals surface area contributed by atoms with Crippen molar-refractivity contribution in [3.63, 3.8) is 0 Å². The highest BCUT2D eigenvalue weighted by molar-refractivity contribution is 5.95. The highest BCUT2D eigenvalue weighted by Crippen LogP contribution is 2.18. The minimum atomic E-state index is -0.940. The molecule has 1 N–H and O–H groups in total. The van der Waals surface area contributed by atoms with Crippen molar-refractivity contribution >= 4 is 5.91 Å².